The Balaban J connectivity index is 1.54. The number of rotatable bonds is 5. The highest BCUT2D eigenvalue weighted by Crippen LogP contribution is 2.26. The van der Waals surface area contributed by atoms with Crippen molar-refractivity contribution in [2.24, 2.45) is 0 Å². The monoisotopic (exact) mass is 400 g/mol. The molecule has 0 radical (unpaired) electrons. The van der Waals surface area contributed by atoms with Crippen molar-refractivity contribution < 1.29 is 9.53 Å². The third-order valence-electron chi connectivity index (χ3n) is 5.12. The highest BCUT2D eigenvalue weighted by Gasteiger charge is 2.14. The Morgan fingerprint density at radius 2 is 1.77 bits per heavy atom. The second kappa shape index (κ2) is 7.99. The molecule has 0 unspecified atom stereocenters. The molecule has 2 aromatic heterocycles. The summed E-state index contributed by atoms with van der Waals surface area (Å²) in [5.74, 6) is 1.70. The van der Waals surface area contributed by atoms with E-state index < -0.39 is 0 Å². The number of nitrogens with zero attached hydrogens (tertiary/aromatic N) is 3. The second-order valence-corrected chi connectivity index (χ2v) is 7.44. The number of ether oxygens (including phenoxy) is 1. The van der Waals surface area contributed by atoms with Crippen LogP contribution in [-0.4, -0.2) is 27.3 Å². The van der Waals surface area contributed by atoms with Gasteiger partial charge in [-0.05, 0) is 62.6 Å². The topological polar surface area (TPSA) is 69.0 Å². The molecule has 0 fully saturated rings. The highest BCUT2D eigenvalue weighted by atomic mass is 16.5. The first kappa shape index (κ1) is 19.6. The van der Waals surface area contributed by atoms with Crippen molar-refractivity contribution in [3.05, 3.63) is 77.0 Å². The molecule has 30 heavy (non-hydrogen) atoms. The molecule has 0 spiro atoms. The lowest BCUT2D eigenvalue weighted by molar-refractivity contribution is -0.118. The molecule has 2 aromatic carbocycles. The Labute approximate surface area is 175 Å². The van der Waals surface area contributed by atoms with Crippen LogP contribution in [0.1, 0.15) is 22.4 Å². The van der Waals surface area contributed by atoms with E-state index in [0.29, 0.717) is 11.6 Å². The van der Waals surface area contributed by atoms with Crippen molar-refractivity contribution in [2.45, 2.75) is 27.7 Å². The van der Waals surface area contributed by atoms with E-state index in [-0.39, 0.29) is 12.5 Å². The fraction of sp³-hybridized carbons (Fsp3) is 0.208. The summed E-state index contributed by atoms with van der Waals surface area (Å²) < 4.78 is 7.48. The van der Waals surface area contributed by atoms with Crippen molar-refractivity contribution in [3.63, 3.8) is 0 Å². The van der Waals surface area contributed by atoms with Gasteiger partial charge in [0, 0.05) is 11.5 Å². The van der Waals surface area contributed by atoms with Gasteiger partial charge in [-0.2, -0.15) is 9.78 Å². The Morgan fingerprint density at radius 3 is 2.60 bits per heavy atom. The maximum Gasteiger partial charge on any atom is 0.263 e. The van der Waals surface area contributed by atoms with Crippen molar-refractivity contribution in [1.29, 1.82) is 0 Å². The van der Waals surface area contributed by atoms with Gasteiger partial charge >= 0.3 is 0 Å². The summed E-state index contributed by atoms with van der Waals surface area (Å²) in [5.41, 5.74) is 4.84. The largest absolute Gasteiger partial charge is 0.483 e. The Kier molecular flexibility index (Phi) is 5.23. The van der Waals surface area contributed by atoms with Crippen molar-refractivity contribution in [2.75, 3.05) is 11.9 Å². The van der Waals surface area contributed by atoms with Gasteiger partial charge in [0.2, 0.25) is 0 Å². The summed E-state index contributed by atoms with van der Waals surface area (Å²) in [6, 6.07) is 17.6. The first-order chi connectivity index (χ1) is 14.4. The van der Waals surface area contributed by atoms with Crippen LogP contribution in [0.5, 0.6) is 5.75 Å². The molecule has 6 nitrogen and oxygen atoms in total. The summed E-state index contributed by atoms with van der Waals surface area (Å²) in [4.78, 5) is 17.3. The molecule has 4 aromatic rings. The summed E-state index contributed by atoms with van der Waals surface area (Å²) in [7, 11) is 0. The van der Waals surface area contributed by atoms with Gasteiger partial charge in [-0.15, -0.1) is 0 Å². The van der Waals surface area contributed by atoms with Crippen LogP contribution < -0.4 is 10.1 Å². The third-order valence-corrected chi connectivity index (χ3v) is 5.12. The molecule has 0 saturated carbocycles. The summed E-state index contributed by atoms with van der Waals surface area (Å²) >= 11 is 0. The van der Waals surface area contributed by atoms with E-state index in [9.17, 15) is 4.79 Å². The molecular weight excluding hydrogens is 376 g/mol. The minimum atomic E-state index is -0.253. The minimum Gasteiger partial charge on any atom is -0.483 e. The number of pyridine rings is 1. The summed E-state index contributed by atoms with van der Waals surface area (Å²) in [6.45, 7) is 7.80. The predicted molar refractivity (Wildman–Crippen MR) is 118 cm³/mol. The maximum absolute atomic E-state index is 12.6. The molecule has 0 aliphatic heterocycles. The molecule has 4 rings (SSSR count). The molecule has 0 bridgehead atoms. The number of carbonyl (C=O) groups is 1. The van der Waals surface area contributed by atoms with Gasteiger partial charge < -0.3 is 10.1 Å². The summed E-state index contributed by atoms with van der Waals surface area (Å²) in [6.07, 6.45) is 0. The average molecular weight is 400 g/mol. The second-order valence-electron chi connectivity index (χ2n) is 7.44. The van der Waals surface area contributed by atoms with Crippen molar-refractivity contribution in [3.8, 4) is 11.6 Å². The zero-order chi connectivity index (χ0) is 21.3. The van der Waals surface area contributed by atoms with Crippen LogP contribution in [0, 0.1) is 27.7 Å². The van der Waals surface area contributed by atoms with Crippen molar-refractivity contribution in [1.82, 2.24) is 14.8 Å². The number of anilines is 1. The number of aromatic nitrogens is 3. The van der Waals surface area contributed by atoms with E-state index in [0.717, 1.165) is 39.0 Å². The van der Waals surface area contributed by atoms with E-state index >= 15 is 0 Å². The fourth-order valence-corrected chi connectivity index (χ4v) is 3.40. The lowest BCUT2D eigenvalue weighted by Crippen LogP contribution is -2.22. The SMILES string of the molecule is Cc1cc(NC(=O)COc2c(C)ccc(C)c2C)n(-c2ccc3ccccc3n2)n1. The number of benzene rings is 2. The van der Waals surface area contributed by atoms with Crippen LogP contribution in [-0.2, 0) is 4.79 Å². The quantitative estimate of drug-likeness (QED) is 0.528. The number of aryl methyl sites for hydroxylation is 3. The molecule has 0 saturated heterocycles. The molecule has 1 N–H and O–H groups in total. The lowest BCUT2D eigenvalue weighted by atomic mass is 10.1. The number of hydrogen-bond donors (Lipinski definition) is 1. The zero-order valence-corrected chi connectivity index (χ0v) is 17.6. The molecule has 0 aliphatic carbocycles. The van der Waals surface area contributed by atoms with Crippen LogP contribution in [0.15, 0.2) is 54.6 Å². The van der Waals surface area contributed by atoms with Gasteiger partial charge in [0.05, 0.1) is 11.2 Å². The van der Waals surface area contributed by atoms with E-state index in [1.54, 1.807) is 4.68 Å². The Bertz CT molecular complexity index is 1240. The molecule has 1 amide bonds. The van der Waals surface area contributed by atoms with Gasteiger partial charge in [0.1, 0.15) is 11.6 Å². The van der Waals surface area contributed by atoms with Crippen LogP contribution in [0.3, 0.4) is 0 Å². The number of para-hydroxylation sites is 1. The molecule has 152 valence electrons. The average Bonchev–Trinajstić information content (AvgIpc) is 3.10. The number of fused-ring (bicyclic) bond motifs is 1. The van der Waals surface area contributed by atoms with Crippen LogP contribution in [0.25, 0.3) is 16.7 Å². The highest BCUT2D eigenvalue weighted by molar-refractivity contribution is 5.91. The van der Waals surface area contributed by atoms with Gasteiger partial charge in [0.15, 0.2) is 12.4 Å². The standard InChI is InChI=1S/C24H24N4O2/c1-15-9-10-16(2)24(18(15)4)30-14-23(29)26-22-13-17(3)27-28(22)21-12-11-19-7-5-6-8-20(19)25-21/h5-13H,14H2,1-4H3,(H,26,29). The van der Waals surface area contributed by atoms with Gasteiger partial charge in [0.25, 0.3) is 5.91 Å². The third kappa shape index (κ3) is 3.89. The van der Waals surface area contributed by atoms with Gasteiger partial charge in [-0.1, -0.05) is 30.3 Å². The van der Waals surface area contributed by atoms with E-state index in [1.165, 1.54) is 0 Å². The Morgan fingerprint density at radius 1 is 1.00 bits per heavy atom. The fourth-order valence-electron chi connectivity index (χ4n) is 3.40. The number of nitrogens with one attached hydrogen (secondary N) is 1. The molecule has 0 atom stereocenters. The van der Waals surface area contributed by atoms with E-state index in [2.05, 4.69) is 21.5 Å². The predicted octanol–water partition coefficient (Wildman–Crippen LogP) is 4.67. The normalized spacial score (nSPS) is 10.9. The van der Waals surface area contributed by atoms with Gasteiger partial charge in [-0.3, -0.25) is 4.79 Å². The van der Waals surface area contributed by atoms with Crippen LogP contribution >= 0.6 is 0 Å². The zero-order valence-electron chi connectivity index (χ0n) is 17.6. The minimum absolute atomic E-state index is 0.0828. The van der Waals surface area contributed by atoms with Crippen LogP contribution in [0.4, 0.5) is 5.82 Å². The Hall–Kier alpha value is -3.67. The number of hydrogen-bond acceptors (Lipinski definition) is 4. The van der Waals surface area contributed by atoms with Crippen molar-refractivity contribution >= 4 is 22.6 Å². The van der Waals surface area contributed by atoms with E-state index in [4.69, 9.17) is 4.74 Å². The first-order valence-corrected chi connectivity index (χ1v) is 9.84. The molecule has 6 heteroatoms. The summed E-state index contributed by atoms with van der Waals surface area (Å²) in [5, 5.41) is 8.44. The maximum atomic E-state index is 12.6. The van der Waals surface area contributed by atoms with Gasteiger partial charge in [-0.25, -0.2) is 4.98 Å². The van der Waals surface area contributed by atoms with Crippen LogP contribution in [0.2, 0.25) is 0 Å². The first-order valence-electron chi connectivity index (χ1n) is 9.84. The lowest BCUT2D eigenvalue weighted by Gasteiger charge is -2.14. The number of carbonyl (C=O) groups excluding carboxylic acids is 1. The molecule has 2 heterocycles. The smallest absolute Gasteiger partial charge is 0.263 e. The number of amides is 1. The molecular formula is C24H24N4O2. The molecule has 0 aliphatic rings. The van der Waals surface area contributed by atoms with E-state index in [1.807, 2.05) is 76.2 Å².